The number of Topliss-reactive ketones (excluding diaryl/α,β-unsaturated/α-hetero) is 1. The van der Waals surface area contributed by atoms with E-state index in [0.717, 1.165) is 5.56 Å². The van der Waals surface area contributed by atoms with Crippen molar-refractivity contribution in [2.45, 2.75) is 38.8 Å². The molecule has 7 heteroatoms. The van der Waals surface area contributed by atoms with Gasteiger partial charge in [0.2, 0.25) is 5.91 Å². The molecule has 1 amide bonds. The lowest BCUT2D eigenvalue weighted by molar-refractivity contribution is -0.141. The van der Waals surface area contributed by atoms with Crippen LogP contribution in [-0.4, -0.2) is 39.8 Å². The van der Waals surface area contributed by atoms with Gasteiger partial charge in [-0.15, -0.1) is 0 Å². The van der Waals surface area contributed by atoms with Crippen molar-refractivity contribution in [3.05, 3.63) is 35.9 Å². The zero-order valence-corrected chi connectivity index (χ0v) is 13.9. The normalized spacial score (nSPS) is 12.8. The molecule has 0 aromatic heterocycles. The van der Waals surface area contributed by atoms with Gasteiger partial charge in [-0.05, 0) is 19.4 Å². The van der Waals surface area contributed by atoms with E-state index in [1.54, 1.807) is 0 Å². The van der Waals surface area contributed by atoms with Gasteiger partial charge < -0.3 is 15.7 Å². The third kappa shape index (κ3) is 7.01. The van der Waals surface area contributed by atoms with Crippen LogP contribution in [0, 0.1) is 0 Å². The first-order valence-electron chi connectivity index (χ1n) is 7.15. The fourth-order valence-corrected chi connectivity index (χ4v) is 2.25. The van der Waals surface area contributed by atoms with Crippen molar-refractivity contribution in [3.8, 4) is 0 Å². The molecule has 6 nitrogen and oxygen atoms in total. The van der Waals surface area contributed by atoms with Gasteiger partial charge in [-0.25, -0.2) is 0 Å². The second-order valence-corrected chi connectivity index (χ2v) is 5.75. The van der Waals surface area contributed by atoms with Crippen molar-refractivity contribution >= 4 is 34.9 Å². The number of rotatable bonds is 8. The average Bonchev–Trinajstić information content (AvgIpc) is 2.46. The Morgan fingerprint density at radius 1 is 1.17 bits per heavy atom. The molecule has 124 valence electrons. The predicted octanol–water partition coefficient (Wildman–Crippen LogP) is 1.08. The lowest BCUT2D eigenvalue weighted by atomic mass is 10.0. The first-order chi connectivity index (χ1) is 10.8. The number of carbonyl (C=O) groups is 3. The molecule has 2 atom stereocenters. The predicted molar refractivity (Wildman–Crippen MR) is 90.2 cm³/mol. The topological polar surface area (TPSA) is 95.5 Å². The molecule has 0 spiro atoms. The summed E-state index contributed by atoms with van der Waals surface area (Å²) >= 11 is 5.08. The van der Waals surface area contributed by atoms with Crippen LogP contribution in [0.1, 0.15) is 25.8 Å². The lowest BCUT2D eigenvalue weighted by Crippen LogP contribution is -2.51. The Bertz CT molecular complexity index is 589. The van der Waals surface area contributed by atoms with Crippen molar-refractivity contribution in [2.24, 2.45) is 0 Å². The van der Waals surface area contributed by atoms with E-state index < -0.39 is 24.0 Å². The molecule has 0 saturated heterocycles. The summed E-state index contributed by atoms with van der Waals surface area (Å²) in [7, 11) is 0. The summed E-state index contributed by atoms with van der Waals surface area (Å²) in [5.74, 6) is -1.71. The van der Waals surface area contributed by atoms with Crippen LogP contribution < -0.4 is 10.6 Å². The van der Waals surface area contributed by atoms with Crippen LogP contribution in [0.5, 0.6) is 0 Å². The summed E-state index contributed by atoms with van der Waals surface area (Å²) in [6.07, 6.45) is 0.374. The molecular formula is C16H20N2O4S. The molecule has 0 fully saturated rings. The molecule has 0 aliphatic rings. The molecule has 0 bridgehead atoms. The zero-order valence-electron chi connectivity index (χ0n) is 13.0. The van der Waals surface area contributed by atoms with Gasteiger partial charge in [0.15, 0.2) is 0 Å². The third-order valence-corrected chi connectivity index (χ3v) is 3.34. The summed E-state index contributed by atoms with van der Waals surface area (Å²) in [6, 6.07) is 7.51. The summed E-state index contributed by atoms with van der Waals surface area (Å²) in [6.45, 7) is 2.79. The SMILES string of the molecule is CC(=O)CC(=S)N[C@@H](Cc1ccccc1)C(=O)N[C@@H](C)C(=O)O. The molecule has 0 aliphatic heterocycles. The average molecular weight is 336 g/mol. The highest BCUT2D eigenvalue weighted by molar-refractivity contribution is 7.80. The van der Waals surface area contributed by atoms with Crippen molar-refractivity contribution in [2.75, 3.05) is 0 Å². The van der Waals surface area contributed by atoms with Crippen molar-refractivity contribution in [1.82, 2.24) is 10.6 Å². The lowest BCUT2D eigenvalue weighted by Gasteiger charge is -2.21. The minimum atomic E-state index is -1.12. The molecule has 0 aliphatic carbocycles. The monoisotopic (exact) mass is 336 g/mol. The van der Waals surface area contributed by atoms with Gasteiger partial charge in [-0.3, -0.25) is 14.4 Å². The fourth-order valence-electron chi connectivity index (χ4n) is 1.91. The summed E-state index contributed by atoms with van der Waals surface area (Å²) in [5, 5.41) is 14.2. The Morgan fingerprint density at radius 2 is 1.78 bits per heavy atom. The van der Waals surface area contributed by atoms with Gasteiger partial charge in [0, 0.05) is 6.42 Å². The number of ketones is 1. The number of carboxylic acids is 1. The highest BCUT2D eigenvalue weighted by Gasteiger charge is 2.23. The number of aliphatic carboxylic acids is 1. The van der Waals surface area contributed by atoms with Crippen LogP contribution >= 0.6 is 12.2 Å². The van der Waals surface area contributed by atoms with E-state index >= 15 is 0 Å². The number of nitrogens with one attached hydrogen (secondary N) is 2. The fraction of sp³-hybridized carbons (Fsp3) is 0.375. The molecule has 0 heterocycles. The number of hydrogen-bond acceptors (Lipinski definition) is 4. The minimum Gasteiger partial charge on any atom is -0.480 e. The number of amides is 1. The minimum absolute atomic E-state index is 0.0440. The van der Waals surface area contributed by atoms with E-state index in [1.165, 1.54) is 13.8 Å². The van der Waals surface area contributed by atoms with Crippen LogP contribution in [-0.2, 0) is 20.8 Å². The molecule has 1 rings (SSSR count). The zero-order chi connectivity index (χ0) is 17.4. The molecule has 0 saturated carbocycles. The van der Waals surface area contributed by atoms with Gasteiger partial charge in [-0.1, -0.05) is 42.5 Å². The van der Waals surface area contributed by atoms with Gasteiger partial charge in [0.25, 0.3) is 0 Å². The largest absolute Gasteiger partial charge is 0.480 e. The van der Waals surface area contributed by atoms with Crippen LogP contribution in [0.25, 0.3) is 0 Å². The summed E-state index contributed by atoms with van der Waals surface area (Å²) in [5.41, 5.74) is 0.897. The van der Waals surface area contributed by atoms with Crippen LogP contribution in [0.2, 0.25) is 0 Å². The third-order valence-electron chi connectivity index (χ3n) is 3.07. The Labute approximate surface area is 140 Å². The maximum atomic E-state index is 12.3. The molecule has 1 aromatic rings. The maximum absolute atomic E-state index is 12.3. The number of carbonyl (C=O) groups excluding carboxylic acids is 2. The van der Waals surface area contributed by atoms with E-state index in [4.69, 9.17) is 17.3 Å². The molecular weight excluding hydrogens is 316 g/mol. The van der Waals surface area contributed by atoms with E-state index in [0.29, 0.717) is 6.42 Å². The number of carboxylic acid groups (broad SMARTS) is 1. The van der Waals surface area contributed by atoms with Gasteiger partial charge in [-0.2, -0.15) is 0 Å². The summed E-state index contributed by atoms with van der Waals surface area (Å²) < 4.78 is 0. The quantitative estimate of drug-likeness (QED) is 0.615. The summed E-state index contributed by atoms with van der Waals surface area (Å²) in [4.78, 5) is 34.6. The smallest absolute Gasteiger partial charge is 0.325 e. The van der Waals surface area contributed by atoms with Gasteiger partial charge >= 0.3 is 5.97 Å². The first-order valence-corrected chi connectivity index (χ1v) is 7.56. The van der Waals surface area contributed by atoms with E-state index in [9.17, 15) is 14.4 Å². The van der Waals surface area contributed by atoms with Gasteiger partial charge in [0.1, 0.15) is 17.9 Å². The standard InChI is InChI=1S/C16H20N2O4S/c1-10(19)8-14(23)18-13(9-12-6-4-3-5-7-12)15(20)17-11(2)16(21)22/h3-7,11,13H,8-9H2,1-2H3,(H,17,20)(H,18,23)(H,21,22)/t11-,13-/m0/s1. The van der Waals surface area contributed by atoms with E-state index in [1.807, 2.05) is 30.3 Å². The molecule has 3 N–H and O–H groups in total. The second-order valence-electron chi connectivity index (χ2n) is 5.26. The highest BCUT2D eigenvalue weighted by atomic mass is 32.1. The van der Waals surface area contributed by atoms with Crippen molar-refractivity contribution < 1.29 is 19.5 Å². The Morgan fingerprint density at radius 3 is 2.30 bits per heavy atom. The molecule has 23 heavy (non-hydrogen) atoms. The van der Waals surface area contributed by atoms with E-state index in [2.05, 4.69) is 10.6 Å². The first kappa shape index (κ1) is 18.8. The Hall–Kier alpha value is -2.28. The molecule has 1 aromatic carbocycles. The van der Waals surface area contributed by atoms with E-state index in [-0.39, 0.29) is 17.2 Å². The van der Waals surface area contributed by atoms with Crippen LogP contribution in [0.15, 0.2) is 30.3 Å². The van der Waals surface area contributed by atoms with Gasteiger partial charge in [0.05, 0.1) is 11.4 Å². The van der Waals surface area contributed by atoms with Crippen LogP contribution in [0.4, 0.5) is 0 Å². The Kier molecular flexibility index (Phi) is 7.34. The van der Waals surface area contributed by atoms with Crippen molar-refractivity contribution in [1.29, 1.82) is 0 Å². The van der Waals surface area contributed by atoms with Crippen molar-refractivity contribution in [3.63, 3.8) is 0 Å². The number of benzene rings is 1. The highest BCUT2D eigenvalue weighted by Crippen LogP contribution is 2.05. The molecule has 0 radical (unpaired) electrons. The Balaban J connectivity index is 2.82. The second kappa shape index (κ2) is 8.99. The van der Waals surface area contributed by atoms with Crippen LogP contribution in [0.3, 0.4) is 0 Å². The maximum Gasteiger partial charge on any atom is 0.325 e. The molecule has 0 unspecified atom stereocenters. The number of hydrogen-bond donors (Lipinski definition) is 3. The number of thiocarbonyl (C=S) groups is 1.